The van der Waals surface area contributed by atoms with Crippen LogP contribution in [0, 0.1) is 0 Å². The highest BCUT2D eigenvalue weighted by molar-refractivity contribution is 7.88. The number of nitrogens with zero attached hydrogens (tertiary/aromatic N) is 2. The first-order valence-electron chi connectivity index (χ1n) is 8.17. The van der Waals surface area contributed by atoms with Gasteiger partial charge < -0.3 is 5.32 Å². The van der Waals surface area contributed by atoms with Gasteiger partial charge in [-0.2, -0.15) is 4.31 Å². The number of nitrogens with one attached hydrogen (secondary N) is 1. The fourth-order valence-electron chi connectivity index (χ4n) is 3.46. The highest BCUT2D eigenvalue weighted by Crippen LogP contribution is 2.24. The number of fused-ring (bicyclic) bond motifs is 1. The van der Waals surface area contributed by atoms with Gasteiger partial charge in [0, 0.05) is 31.5 Å². The summed E-state index contributed by atoms with van der Waals surface area (Å²) < 4.78 is 24.8. The molecule has 1 aromatic heterocycles. The lowest BCUT2D eigenvalue weighted by atomic mass is 9.94. The molecule has 1 aliphatic carbocycles. The standard InChI is InChI=1S/C16H23N3O3S/c1-23(21,22)19-8-7-14-12(11-19)9-17-10-15(14)16(20)18-13-5-3-2-4-6-13/h9-10,13H,2-8,11H2,1H3,(H,18,20). The van der Waals surface area contributed by atoms with Crippen molar-refractivity contribution >= 4 is 15.9 Å². The Morgan fingerprint density at radius 2 is 2.00 bits per heavy atom. The largest absolute Gasteiger partial charge is 0.349 e. The quantitative estimate of drug-likeness (QED) is 0.906. The topological polar surface area (TPSA) is 79.4 Å². The summed E-state index contributed by atoms with van der Waals surface area (Å²) in [5, 5.41) is 3.12. The van der Waals surface area contributed by atoms with Gasteiger partial charge in [-0.3, -0.25) is 9.78 Å². The highest BCUT2D eigenvalue weighted by Gasteiger charge is 2.27. The number of hydrogen-bond donors (Lipinski definition) is 1. The van der Waals surface area contributed by atoms with Crippen molar-refractivity contribution in [2.75, 3.05) is 12.8 Å². The van der Waals surface area contributed by atoms with Crippen LogP contribution < -0.4 is 5.32 Å². The summed E-state index contributed by atoms with van der Waals surface area (Å²) in [5.74, 6) is -0.0749. The lowest BCUT2D eigenvalue weighted by Gasteiger charge is -2.28. The molecule has 0 saturated heterocycles. The first kappa shape index (κ1) is 16.4. The van der Waals surface area contributed by atoms with E-state index in [1.165, 1.54) is 29.8 Å². The Balaban J connectivity index is 1.78. The maximum absolute atomic E-state index is 12.6. The maximum atomic E-state index is 12.6. The normalized spacial score (nSPS) is 20.0. The number of hydrogen-bond acceptors (Lipinski definition) is 4. The van der Waals surface area contributed by atoms with Gasteiger partial charge in [-0.05, 0) is 30.4 Å². The lowest BCUT2D eigenvalue weighted by Crippen LogP contribution is -2.39. The van der Waals surface area contributed by atoms with Crippen LogP contribution >= 0.6 is 0 Å². The average Bonchev–Trinajstić information content (AvgIpc) is 2.54. The molecule has 0 bridgehead atoms. The van der Waals surface area contributed by atoms with Gasteiger partial charge in [0.15, 0.2) is 0 Å². The fourth-order valence-corrected chi connectivity index (χ4v) is 4.25. The molecule has 1 fully saturated rings. The molecule has 126 valence electrons. The molecular weight excluding hydrogens is 314 g/mol. The summed E-state index contributed by atoms with van der Waals surface area (Å²) in [5.41, 5.74) is 2.37. The average molecular weight is 337 g/mol. The van der Waals surface area contributed by atoms with Gasteiger partial charge in [-0.25, -0.2) is 8.42 Å². The summed E-state index contributed by atoms with van der Waals surface area (Å²) in [6, 6.07) is 0.253. The second-order valence-electron chi connectivity index (χ2n) is 6.48. The van der Waals surface area contributed by atoms with Gasteiger partial charge in [0.2, 0.25) is 10.0 Å². The highest BCUT2D eigenvalue weighted by atomic mass is 32.2. The predicted molar refractivity (Wildman–Crippen MR) is 87.5 cm³/mol. The molecule has 0 aromatic carbocycles. The Kier molecular flexibility index (Phi) is 4.68. The van der Waals surface area contributed by atoms with Gasteiger partial charge in [-0.1, -0.05) is 19.3 Å². The van der Waals surface area contributed by atoms with Gasteiger partial charge in [0.05, 0.1) is 11.8 Å². The van der Waals surface area contributed by atoms with E-state index in [4.69, 9.17) is 0 Å². The molecular formula is C16H23N3O3S. The molecule has 0 unspecified atom stereocenters. The van der Waals surface area contributed by atoms with Crippen LogP contribution in [0.3, 0.4) is 0 Å². The Bertz CT molecular complexity index is 697. The number of sulfonamides is 1. The van der Waals surface area contributed by atoms with E-state index in [-0.39, 0.29) is 11.9 Å². The van der Waals surface area contributed by atoms with Gasteiger partial charge in [0.25, 0.3) is 5.91 Å². The van der Waals surface area contributed by atoms with Crippen LogP contribution in [0.1, 0.15) is 53.6 Å². The van der Waals surface area contributed by atoms with E-state index in [1.54, 1.807) is 12.4 Å². The van der Waals surface area contributed by atoms with E-state index in [0.29, 0.717) is 25.1 Å². The second-order valence-corrected chi connectivity index (χ2v) is 8.46. The molecule has 6 nitrogen and oxygen atoms in total. The van der Waals surface area contributed by atoms with E-state index in [9.17, 15) is 13.2 Å². The molecule has 2 aliphatic rings. The third-order valence-corrected chi connectivity index (χ3v) is 6.01. The summed E-state index contributed by atoms with van der Waals surface area (Å²) in [6.45, 7) is 0.714. The molecule has 2 heterocycles. The van der Waals surface area contributed by atoms with Gasteiger partial charge in [0.1, 0.15) is 0 Å². The smallest absolute Gasteiger partial charge is 0.253 e. The van der Waals surface area contributed by atoms with Crippen molar-refractivity contribution in [2.24, 2.45) is 0 Å². The van der Waals surface area contributed by atoms with Crippen LogP contribution in [-0.2, 0) is 23.0 Å². The minimum Gasteiger partial charge on any atom is -0.349 e. The van der Waals surface area contributed by atoms with Crippen molar-refractivity contribution in [1.29, 1.82) is 0 Å². The molecule has 1 aliphatic heterocycles. The SMILES string of the molecule is CS(=O)(=O)N1CCc2c(cncc2C(=O)NC2CCCCC2)C1. The Hall–Kier alpha value is -1.47. The Labute approximate surface area is 137 Å². The summed E-state index contributed by atoms with van der Waals surface area (Å²) in [4.78, 5) is 16.7. The van der Waals surface area contributed by atoms with E-state index in [2.05, 4.69) is 10.3 Å². The number of amides is 1. The van der Waals surface area contributed by atoms with Crippen LogP contribution in [-0.4, -0.2) is 42.5 Å². The maximum Gasteiger partial charge on any atom is 0.253 e. The fraction of sp³-hybridized carbons (Fsp3) is 0.625. The van der Waals surface area contributed by atoms with E-state index < -0.39 is 10.0 Å². The molecule has 7 heteroatoms. The summed E-state index contributed by atoms with van der Waals surface area (Å²) in [7, 11) is -3.22. The molecule has 1 saturated carbocycles. The van der Waals surface area contributed by atoms with E-state index in [0.717, 1.165) is 24.0 Å². The van der Waals surface area contributed by atoms with Gasteiger partial charge >= 0.3 is 0 Å². The number of carbonyl (C=O) groups is 1. The van der Waals surface area contributed by atoms with Crippen molar-refractivity contribution in [1.82, 2.24) is 14.6 Å². The number of rotatable bonds is 3. The predicted octanol–water partition coefficient (Wildman–Crippen LogP) is 1.46. The third-order valence-electron chi connectivity index (χ3n) is 4.76. The zero-order chi connectivity index (χ0) is 16.4. The van der Waals surface area contributed by atoms with Crippen molar-refractivity contribution in [2.45, 2.75) is 51.1 Å². The Morgan fingerprint density at radius 3 is 2.70 bits per heavy atom. The van der Waals surface area contributed by atoms with Crippen molar-refractivity contribution in [3.05, 3.63) is 29.1 Å². The first-order chi connectivity index (χ1) is 10.9. The lowest BCUT2D eigenvalue weighted by molar-refractivity contribution is 0.0926. The Morgan fingerprint density at radius 1 is 1.26 bits per heavy atom. The molecule has 0 atom stereocenters. The molecule has 0 spiro atoms. The van der Waals surface area contributed by atoms with Crippen molar-refractivity contribution in [3.63, 3.8) is 0 Å². The molecule has 1 N–H and O–H groups in total. The second kappa shape index (κ2) is 6.57. The molecule has 3 rings (SSSR count). The van der Waals surface area contributed by atoms with Crippen molar-refractivity contribution < 1.29 is 13.2 Å². The van der Waals surface area contributed by atoms with Crippen LogP contribution in [0.2, 0.25) is 0 Å². The molecule has 23 heavy (non-hydrogen) atoms. The van der Waals surface area contributed by atoms with Gasteiger partial charge in [-0.15, -0.1) is 0 Å². The van der Waals surface area contributed by atoms with E-state index in [1.807, 2.05) is 0 Å². The third kappa shape index (κ3) is 3.72. The van der Waals surface area contributed by atoms with Crippen LogP contribution in [0.25, 0.3) is 0 Å². The zero-order valence-electron chi connectivity index (χ0n) is 13.4. The number of carbonyl (C=O) groups excluding carboxylic acids is 1. The van der Waals surface area contributed by atoms with Crippen molar-refractivity contribution in [3.8, 4) is 0 Å². The molecule has 1 aromatic rings. The summed E-state index contributed by atoms with van der Waals surface area (Å²) >= 11 is 0. The molecule has 0 radical (unpaired) electrons. The van der Waals surface area contributed by atoms with Crippen LogP contribution in [0.4, 0.5) is 0 Å². The minimum atomic E-state index is -3.22. The number of pyridine rings is 1. The molecule has 1 amide bonds. The minimum absolute atomic E-state index is 0.0749. The first-order valence-corrected chi connectivity index (χ1v) is 10.0. The summed E-state index contributed by atoms with van der Waals surface area (Å²) in [6.07, 6.45) is 10.7. The zero-order valence-corrected chi connectivity index (χ0v) is 14.2. The number of aromatic nitrogens is 1. The van der Waals surface area contributed by atoms with E-state index >= 15 is 0 Å². The van der Waals surface area contributed by atoms with Crippen LogP contribution in [0.5, 0.6) is 0 Å². The van der Waals surface area contributed by atoms with Crippen LogP contribution in [0.15, 0.2) is 12.4 Å². The monoisotopic (exact) mass is 337 g/mol.